The van der Waals surface area contributed by atoms with E-state index in [2.05, 4.69) is 12.2 Å². The van der Waals surface area contributed by atoms with Gasteiger partial charge in [-0.2, -0.15) is 0 Å². The van der Waals surface area contributed by atoms with Crippen molar-refractivity contribution < 1.29 is 13.5 Å². The van der Waals surface area contributed by atoms with Gasteiger partial charge in [-0.1, -0.05) is 25.5 Å². The van der Waals surface area contributed by atoms with E-state index in [-0.39, 0.29) is 17.5 Å². The second-order valence-corrected chi connectivity index (χ2v) is 6.97. The van der Waals surface area contributed by atoms with Gasteiger partial charge in [0.25, 0.3) is 0 Å². The third kappa shape index (κ3) is 6.13. The Bertz CT molecular complexity index is 508. The van der Waals surface area contributed by atoms with E-state index in [1.165, 1.54) is 12.1 Å². The number of sulfonamides is 1. The monoisotopic (exact) mass is 314 g/mol. The van der Waals surface area contributed by atoms with E-state index in [0.717, 1.165) is 31.4 Å². The molecule has 21 heavy (non-hydrogen) atoms. The molecule has 6 heteroatoms. The third-order valence-corrected chi connectivity index (χ3v) is 4.58. The highest BCUT2D eigenvalue weighted by Crippen LogP contribution is 2.17. The van der Waals surface area contributed by atoms with Crippen LogP contribution in [0.1, 0.15) is 44.7 Å². The Hall–Kier alpha value is -0.950. The summed E-state index contributed by atoms with van der Waals surface area (Å²) in [6.45, 7) is 5.23. The van der Waals surface area contributed by atoms with Gasteiger partial charge in [-0.3, -0.25) is 0 Å². The third-order valence-electron chi connectivity index (χ3n) is 3.66. The molecular formula is C15H26N2O3S. The zero-order chi connectivity index (χ0) is 15.9. The summed E-state index contributed by atoms with van der Waals surface area (Å²) in [7, 11) is -3.63. The molecule has 0 amide bonds. The van der Waals surface area contributed by atoms with Gasteiger partial charge in [0.15, 0.2) is 0 Å². The lowest BCUT2D eigenvalue weighted by Gasteiger charge is -2.20. The van der Waals surface area contributed by atoms with Crippen molar-refractivity contribution in [1.29, 1.82) is 0 Å². The van der Waals surface area contributed by atoms with Gasteiger partial charge < -0.3 is 10.4 Å². The van der Waals surface area contributed by atoms with Crippen molar-refractivity contribution in [2.24, 2.45) is 11.1 Å². The molecule has 0 aliphatic heterocycles. The van der Waals surface area contributed by atoms with Crippen molar-refractivity contribution in [2.75, 3.05) is 13.2 Å². The Labute approximate surface area is 127 Å². The summed E-state index contributed by atoms with van der Waals surface area (Å²) in [5, 5.41) is 17.6. The van der Waals surface area contributed by atoms with Crippen LogP contribution < -0.4 is 10.5 Å². The average Bonchev–Trinajstić information content (AvgIpc) is 2.44. The van der Waals surface area contributed by atoms with E-state index >= 15 is 0 Å². The Morgan fingerprint density at radius 3 is 2.33 bits per heavy atom. The van der Waals surface area contributed by atoms with E-state index in [0.29, 0.717) is 5.92 Å². The Kier molecular flexibility index (Phi) is 7.31. The highest BCUT2D eigenvalue weighted by molar-refractivity contribution is 7.89. The summed E-state index contributed by atoms with van der Waals surface area (Å²) in [5.74, 6) is 0.464. The van der Waals surface area contributed by atoms with E-state index in [1.54, 1.807) is 12.1 Å². The molecular weight excluding hydrogens is 288 g/mol. The van der Waals surface area contributed by atoms with Crippen molar-refractivity contribution >= 4 is 10.0 Å². The summed E-state index contributed by atoms with van der Waals surface area (Å²) in [5.41, 5.74) is 1.02. The van der Waals surface area contributed by atoms with Crippen molar-refractivity contribution in [3.8, 4) is 0 Å². The van der Waals surface area contributed by atoms with Crippen LogP contribution in [0.3, 0.4) is 0 Å². The largest absolute Gasteiger partial charge is 0.396 e. The highest BCUT2D eigenvalue weighted by Gasteiger charge is 2.12. The Morgan fingerprint density at radius 2 is 1.86 bits per heavy atom. The Balaban J connectivity index is 2.60. The first-order valence-corrected chi connectivity index (χ1v) is 8.90. The number of aliphatic hydroxyl groups is 1. The zero-order valence-electron chi connectivity index (χ0n) is 12.7. The van der Waals surface area contributed by atoms with Crippen LogP contribution in [0.15, 0.2) is 29.2 Å². The molecule has 120 valence electrons. The lowest BCUT2D eigenvalue weighted by atomic mass is 9.99. The van der Waals surface area contributed by atoms with Gasteiger partial charge >= 0.3 is 0 Å². The minimum Gasteiger partial charge on any atom is -0.396 e. The van der Waals surface area contributed by atoms with Crippen LogP contribution in [0, 0.1) is 5.92 Å². The summed E-state index contributed by atoms with van der Waals surface area (Å²) in [6, 6.07) is 6.73. The van der Waals surface area contributed by atoms with Crippen LogP contribution in [-0.2, 0) is 10.0 Å². The van der Waals surface area contributed by atoms with Crippen LogP contribution >= 0.6 is 0 Å². The number of primary sulfonamides is 1. The maximum Gasteiger partial charge on any atom is 0.238 e. The van der Waals surface area contributed by atoms with Crippen molar-refractivity contribution in [3.63, 3.8) is 0 Å². The minimum absolute atomic E-state index is 0.123. The van der Waals surface area contributed by atoms with Crippen molar-refractivity contribution in [1.82, 2.24) is 5.32 Å². The second-order valence-electron chi connectivity index (χ2n) is 5.41. The quantitative estimate of drug-likeness (QED) is 0.648. The number of nitrogens with two attached hydrogens (primary N) is 1. The zero-order valence-corrected chi connectivity index (χ0v) is 13.6. The fourth-order valence-corrected chi connectivity index (χ4v) is 2.86. The van der Waals surface area contributed by atoms with Gasteiger partial charge in [0, 0.05) is 12.6 Å². The number of hydrogen-bond donors (Lipinski definition) is 3. The normalized spacial score (nSPS) is 14.9. The molecule has 0 saturated carbocycles. The van der Waals surface area contributed by atoms with Gasteiger partial charge in [-0.25, -0.2) is 13.6 Å². The van der Waals surface area contributed by atoms with Gasteiger partial charge in [-0.05, 0) is 49.9 Å². The molecule has 5 nitrogen and oxygen atoms in total. The first-order chi connectivity index (χ1) is 9.88. The molecule has 0 aliphatic carbocycles. The standard InChI is InChI=1S/C15H26N2O3S/c1-3-4-13(9-10-18)11-17-12(2)14-5-7-15(8-6-14)21(16,19)20/h5-8,12-13,17-18H,3-4,9-11H2,1-2H3,(H2,16,19,20). The molecule has 1 aromatic rings. The van der Waals surface area contributed by atoms with Crippen LogP contribution in [0.25, 0.3) is 0 Å². The molecule has 0 spiro atoms. The summed E-state index contributed by atoms with van der Waals surface area (Å²) in [6.07, 6.45) is 2.99. The van der Waals surface area contributed by atoms with E-state index < -0.39 is 10.0 Å². The molecule has 0 fully saturated rings. The lowest BCUT2D eigenvalue weighted by molar-refractivity contribution is 0.246. The summed E-state index contributed by atoms with van der Waals surface area (Å²) >= 11 is 0. The predicted octanol–water partition coefficient (Wildman–Crippen LogP) is 1.78. The minimum atomic E-state index is -3.63. The van der Waals surface area contributed by atoms with E-state index in [4.69, 9.17) is 10.2 Å². The number of aliphatic hydroxyl groups excluding tert-OH is 1. The molecule has 2 atom stereocenters. The SMILES string of the molecule is CCCC(CCO)CNC(C)c1ccc(S(N)(=O)=O)cc1. The maximum absolute atomic E-state index is 11.2. The molecule has 4 N–H and O–H groups in total. The number of rotatable bonds is 9. The summed E-state index contributed by atoms with van der Waals surface area (Å²) < 4.78 is 22.4. The molecule has 1 rings (SSSR count). The van der Waals surface area contributed by atoms with Crippen LogP contribution in [0.2, 0.25) is 0 Å². The molecule has 0 bridgehead atoms. The van der Waals surface area contributed by atoms with Gasteiger partial charge in [0.2, 0.25) is 10.0 Å². The molecule has 2 unspecified atom stereocenters. The number of hydrogen-bond acceptors (Lipinski definition) is 4. The second kappa shape index (κ2) is 8.48. The predicted molar refractivity (Wildman–Crippen MR) is 84.3 cm³/mol. The molecule has 0 radical (unpaired) electrons. The highest BCUT2D eigenvalue weighted by atomic mass is 32.2. The first kappa shape index (κ1) is 18.1. The molecule has 0 heterocycles. The van der Waals surface area contributed by atoms with E-state index in [1.807, 2.05) is 6.92 Å². The number of benzene rings is 1. The molecule has 0 aliphatic rings. The fourth-order valence-electron chi connectivity index (χ4n) is 2.35. The lowest BCUT2D eigenvalue weighted by Crippen LogP contribution is -2.26. The molecule has 1 aromatic carbocycles. The maximum atomic E-state index is 11.2. The van der Waals surface area contributed by atoms with Gasteiger partial charge in [0.05, 0.1) is 4.90 Å². The Morgan fingerprint density at radius 1 is 1.24 bits per heavy atom. The van der Waals surface area contributed by atoms with Gasteiger partial charge in [-0.15, -0.1) is 0 Å². The van der Waals surface area contributed by atoms with E-state index in [9.17, 15) is 8.42 Å². The molecule has 0 aromatic heterocycles. The summed E-state index contributed by atoms with van der Waals surface area (Å²) in [4.78, 5) is 0.127. The smallest absolute Gasteiger partial charge is 0.238 e. The topological polar surface area (TPSA) is 92.4 Å². The fraction of sp³-hybridized carbons (Fsp3) is 0.600. The average molecular weight is 314 g/mol. The van der Waals surface area contributed by atoms with Crippen LogP contribution in [-0.4, -0.2) is 26.7 Å². The van der Waals surface area contributed by atoms with Crippen molar-refractivity contribution in [3.05, 3.63) is 29.8 Å². The number of nitrogens with one attached hydrogen (secondary N) is 1. The van der Waals surface area contributed by atoms with Crippen LogP contribution in [0.5, 0.6) is 0 Å². The first-order valence-electron chi connectivity index (χ1n) is 7.35. The van der Waals surface area contributed by atoms with Gasteiger partial charge in [0.1, 0.15) is 0 Å². The van der Waals surface area contributed by atoms with Crippen LogP contribution in [0.4, 0.5) is 0 Å². The molecule has 0 saturated heterocycles. The van der Waals surface area contributed by atoms with Crippen molar-refractivity contribution in [2.45, 2.75) is 44.0 Å².